The van der Waals surface area contributed by atoms with E-state index in [4.69, 9.17) is 5.10 Å². The quantitative estimate of drug-likeness (QED) is 0.285. The number of rotatable bonds is 6. The van der Waals surface area contributed by atoms with Gasteiger partial charge in [-0.2, -0.15) is 0 Å². The number of fused-ring (bicyclic) bond motifs is 2. The Hall–Kier alpha value is -2.41. The van der Waals surface area contributed by atoms with Gasteiger partial charge in [0, 0.05) is 0 Å². The molecule has 0 amide bonds. The summed E-state index contributed by atoms with van der Waals surface area (Å²) in [6.07, 6.45) is 0. The van der Waals surface area contributed by atoms with Gasteiger partial charge in [-0.05, 0) is 0 Å². The molecule has 140 valence electrons. The first-order valence-electron chi connectivity index (χ1n) is 8.95. The van der Waals surface area contributed by atoms with Crippen molar-refractivity contribution in [2.75, 3.05) is 19.6 Å². The Morgan fingerprint density at radius 1 is 1.26 bits per heavy atom. The van der Waals surface area contributed by atoms with Gasteiger partial charge in [-0.3, -0.25) is 0 Å². The molecule has 0 spiro atoms. The maximum atomic E-state index is 11.6. The minimum atomic E-state index is -0.307. The van der Waals surface area contributed by atoms with Crippen molar-refractivity contribution in [3.63, 3.8) is 0 Å². The van der Waals surface area contributed by atoms with E-state index in [0.717, 1.165) is 57.3 Å². The summed E-state index contributed by atoms with van der Waals surface area (Å²) in [5, 5.41) is 27.2. The molecule has 0 bridgehead atoms. The summed E-state index contributed by atoms with van der Waals surface area (Å²) >= 11 is -0.204. The van der Waals surface area contributed by atoms with E-state index in [9.17, 15) is 15.2 Å². The van der Waals surface area contributed by atoms with Crippen LogP contribution < -0.4 is 8.92 Å². The Morgan fingerprint density at radius 2 is 2.04 bits per heavy atom. The molecular formula is C19H20N4O3Se. The fourth-order valence-electron chi connectivity index (χ4n) is 3.51. The van der Waals surface area contributed by atoms with Crippen LogP contribution in [0.3, 0.4) is 0 Å². The Morgan fingerprint density at radius 3 is 2.74 bits per heavy atom. The van der Waals surface area contributed by atoms with Crippen molar-refractivity contribution < 1.29 is 10.0 Å². The number of aromatic hydroxyl groups is 1. The molecule has 1 aliphatic rings. The number of nitro benzene ring substituents is 1. The molecule has 4 rings (SSSR count). The van der Waals surface area contributed by atoms with Crippen molar-refractivity contribution >= 4 is 40.5 Å². The van der Waals surface area contributed by atoms with Crippen molar-refractivity contribution in [3.05, 3.63) is 40.4 Å². The number of hydrogen-bond acceptors (Lipinski definition) is 5. The molecule has 0 radical (unpaired) electrons. The first kappa shape index (κ1) is 18.0. The van der Waals surface area contributed by atoms with E-state index in [0.29, 0.717) is 0 Å². The number of phenols is 1. The maximum absolute atomic E-state index is 11.6. The summed E-state index contributed by atoms with van der Waals surface area (Å²) in [6.45, 7) is 7.79. The standard InChI is InChI=1S/C19H20N4O3Se/c1-3-21(4-2)9-10-22-14-6-7-15(23(25)26)19-17(14)18(20-22)13-11-12(24)5-8-16(13)27-19/h5-8,11,24H,3-4,9-10H2,1-2H3. The molecule has 3 aromatic rings. The summed E-state index contributed by atoms with van der Waals surface area (Å²) in [5.74, 6) is 0.185. The number of likely N-dealkylation sites (N-methyl/N-ethyl adjacent to an activating group) is 1. The van der Waals surface area contributed by atoms with Crippen LogP contribution in [-0.4, -0.2) is 59.3 Å². The Balaban J connectivity index is 1.90. The zero-order chi connectivity index (χ0) is 19.1. The fourth-order valence-corrected chi connectivity index (χ4v) is 5.97. The molecule has 1 N–H and O–H groups in total. The summed E-state index contributed by atoms with van der Waals surface area (Å²) in [7, 11) is 0. The Bertz CT molecular complexity index is 1040. The molecule has 0 saturated carbocycles. The normalized spacial score (nSPS) is 12.6. The number of nitrogens with zero attached hydrogens (tertiary/aromatic N) is 4. The molecule has 27 heavy (non-hydrogen) atoms. The van der Waals surface area contributed by atoms with Gasteiger partial charge in [-0.1, -0.05) is 0 Å². The van der Waals surface area contributed by atoms with Crippen LogP contribution in [0, 0.1) is 10.1 Å². The summed E-state index contributed by atoms with van der Waals surface area (Å²) in [6, 6.07) is 8.61. The van der Waals surface area contributed by atoms with Gasteiger partial charge >= 0.3 is 163 Å². The average Bonchev–Trinajstić information content (AvgIpc) is 3.03. The second-order valence-corrected chi connectivity index (χ2v) is 8.65. The molecule has 0 aliphatic carbocycles. The van der Waals surface area contributed by atoms with Crippen molar-refractivity contribution in [2.45, 2.75) is 20.4 Å². The zero-order valence-corrected chi connectivity index (χ0v) is 16.9. The summed E-state index contributed by atoms with van der Waals surface area (Å²) in [5.41, 5.74) is 2.70. The minimum absolute atomic E-state index is 0.158. The topological polar surface area (TPSA) is 84.4 Å². The first-order chi connectivity index (χ1) is 13.0. The van der Waals surface area contributed by atoms with Crippen LogP contribution >= 0.6 is 0 Å². The summed E-state index contributed by atoms with van der Waals surface area (Å²) < 4.78 is 3.73. The van der Waals surface area contributed by atoms with Crippen LogP contribution in [0.1, 0.15) is 13.8 Å². The second-order valence-electron chi connectivity index (χ2n) is 6.45. The third-order valence-electron chi connectivity index (χ3n) is 5.00. The molecule has 0 atom stereocenters. The van der Waals surface area contributed by atoms with Crippen LogP contribution in [0.2, 0.25) is 0 Å². The first-order valence-corrected chi connectivity index (χ1v) is 10.7. The number of benzene rings is 2. The van der Waals surface area contributed by atoms with Gasteiger partial charge in [0.25, 0.3) is 0 Å². The summed E-state index contributed by atoms with van der Waals surface area (Å²) in [4.78, 5) is 13.6. The van der Waals surface area contributed by atoms with E-state index < -0.39 is 0 Å². The molecular weight excluding hydrogens is 411 g/mol. The molecule has 1 aliphatic heterocycles. The zero-order valence-electron chi connectivity index (χ0n) is 15.2. The number of phenolic OH excluding ortho intramolecular Hbond substituents is 1. The molecule has 0 saturated heterocycles. The monoisotopic (exact) mass is 432 g/mol. The average molecular weight is 431 g/mol. The molecule has 7 nitrogen and oxygen atoms in total. The van der Waals surface area contributed by atoms with Crippen molar-refractivity contribution in [2.24, 2.45) is 0 Å². The van der Waals surface area contributed by atoms with Gasteiger partial charge in [0.1, 0.15) is 0 Å². The Kier molecular flexibility index (Phi) is 4.63. The van der Waals surface area contributed by atoms with Crippen LogP contribution in [0.25, 0.3) is 22.2 Å². The van der Waals surface area contributed by atoms with Crippen molar-refractivity contribution in [1.29, 1.82) is 0 Å². The number of hydrogen-bond donors (Lipinski definition) is 1. The molecule has 2 heterocycles. The van der Waals surface area contributed by atoms with Gasteiger partial charge in [-0.15, -0.1) is 0 Å². The van der Waals surface area contributed by atoms with Gasteiger partial charge in [0.15, 0.2) is 0 Å². The van der Waals surface area contributed by atoms with E-state index in [1.165, 1.54) is 0 Å². The second kappa shape index (κ2) is 6.96. The number of nitro groups is 1. The van der Waals surface area contributed by atoms with Crippen LogP contribution in [0.4, 0.5) is 5.69 Å². The van der Waals surface area contributed by atoms with E-state index in [2.05, 4.69) is 18.7 Å². The van der Waals surface area contributed by atoms with Crippen molar-refractivity contribution in [3.8, 4) is 17.0 Å². The third kappa shape index (κ3) is 3.00. The van der Waals surface area contributed by atoms with Gasteiger partial charge in [0.2, 0.25) is 0 Å². The van der Waals surface area contributed by atoms with E-state index >= 15 is 0 Å². The van der Waals surface area contributed by atoms with Gasteiger partial charge in [0.05, 0.1) is 0 Å². The Labute approximate surface area is 162 Å². The van der Waals surface area contributed by atoms with Gasteiger partial charge in [-0.25, -0.2) is 0 Å². The van der Waals surface area contributed by atoms with E-state index in [1.54, 1.807) is 24.3 Å². The van der Waals surface area contributed by atoms with E-state index in [-0.39, 0.29) is 31.3 Å². The molecule has 8 heteroatoms. The van der Waals surface area contributed by atoms with Crippen molar-refractivity contribution in [1.82, 2.24) is 14.7 Å². The molecule has 1 aromatic heterocycles. The van der Waals surface area contributed by atoms with Crippen LogP contribution in [0.15, 0.2) is 30.3 Å². The van der Waals surface area contributed by atoms with Crippen LogP contribution in [-0.2, 0) is 6.54 Å². The molecule has 2 aromatic carbocycles. The predicted molar refractivity (Wildman–Crippen MR) is 106 cm³/mol. The third-order valence-corrected chi connectivity index (χ3v) is 7.50. The van der Waals surface area contributed by atoms with E-state index in [1.807, 2.05) is 10.7 Å². The SMILES string of the molecule is CCN(CC)CCn1nc2c3c(c([N+](=O)[O-])ccc31)[Se]c1ccc(O)cc1-2. The van der Waals surface area contributed by atoms with Crippen LogP contribution in [0.5, 0.6) is 5.75 Å². The number of aromatic nitrogens is 2. The van der Waals surface area contributed by atoms with Gasteiger partial charge < -0.3 is 0 Å². The fraction of sp³-hybridized carbons (Fsp3) is 0.316. The predicted octanol–water partition coefficient (Wildman–Crippen LogP) is 1.63. The molecule has 0 unspecified atom stereocenters. The molecule has 0 fully saturated rings.